The highest BCUT2D eigenvalue weighted by atomic mass is 16.2. The van der Waals surface area contributed by atoms with E-state index in [0.717, 1.165) is 6.42 Å². The van der Waals surface area contributed by atoms with Gasteiger partial charge < -0.3 is 16.4 Å². The highest BCUT2D eigenvalue weighted by Gasteiger charge is 2.10. The van der Waals surface area contributed by atoms with E-state index in [1.54, 1.807) is 0 Å². The summed E-state index contributed by atoms with van der Waals surface area (Å²) in [6, 6.07) is 10.0. The van der Waals surface area contributed by atoms with Crippen molar-refractivity contribution in [1.82, 2.24) is 10.6 Å². The summed E-state index contributed by atoms with van der Waals surface area (Å²) < 4.78 is 0. The second-order valence-corrected chi connectivity index (χ2v) is 4.30. The highest BCUT2D eigenvalue weighted by Crippen LogP contribution is 2.17. The number of amides is 2. The summed E-state index contributed by atoms with van der Waals surface area (Å²) in [4.78, 5) is 22.5. The van der Waals surface area contributed by atoms with E-state index < -0.39 is 0 Å². The molecule has 0 saturated carbocycles. The Hall–Kier alpha value is -1.88. The maximum Gasteiger partial charge on any atom is 0.239 e. The van der Waals surface area contributed by atoms with Gasteiger partial charge in [0.15, 0.2) is 0 Å². The lowest BCUT2D eigenvalue weighted by molar-refractivity contribution is -0.125. The highest BCUT2D eigenvalue weighted by molar-refractivity contribution is 5.85. The molecular weight excluding hydrogens is 242 g/mol. The second kappa shape index (κ2) is 8.26. The molecule has 19 heavy (non-hydrogen) atoms. The molecule has 1 aromatic rings. The molecule has 0 aliphatic heterocycles. The third kappa shape index (κ3) is 5.52. The van der Waals surface area contributed by atoms with E-state index in [2.05, 4.69) is 29.7 Å². The normalized spacial score (nSPS) is 11.7. The summed E-state index contributed by atoms with van der Waals surface area (Å²) in [5, 5.41) is 5.25. The Bertz CT molecular complexity index is 406. The van der Waals surface area contributed by atoms with Gasteiger partial charge in [0.2, 0.25) is 11.8 Å². The lowest BCUT2D eigenvalue weighted by atomic mass is 9.96. The van der Waals surface area contributed by atoms with Gasteiger partial charge in [-0.1, -0.05) is 37.3 Å². The smallest absolute Gasteiger partial charge is 0.239 e. The van der Waals surface area contributed by atoms with Gasteiger partial charge >= 0.3 is 0 Å². The zero-order valence-corrected chi connectivity index (χ0v) is 11.2. The van der Waals surface area contributed by atoms with Crippen LogP contribution in [0, 0.1) is 0 Å². The fraction of sp³-hybridized carbons (Fsp3) is 0.429. The van der Waals surface area contributed by atoms with Crippen molar-refractivity contribution < 1.29 is 9.59 Å². The van der Waals surface area contributed by atoms with Crippen LogP contribution in [0.2, 0.25) is 0 Å². The van der Waals surface area contributed by atoms with Gasteiger partial charge in [-0.25, -0.2) is 0 Å². The quantitative estimate of drug-likeness (QED) is 0.664. The Morgan fingerprint density at radius 2 is 1.84 bits per heavy atom. The van der Waals surface area contributed by atoms with Crippen LogP contribution < -0.4 is 16.4 Å². The zero-order valence-electron chi connectivity index (χ0n) is 11.2. The molecule has 0 aliphatic rings. The molecule has 5 heteroatoms. The standard InChI is InChI=1S/C14H21N3O2/c1-2-11(12-6-4-3-5-7-12)9-16-14(19)10-17-13(18)8-15/h3-7,11H,2,8-10,15H2,1H3,(H,16,19)(H,17,18). The van der Waals surface area contributed by atoms with Crippen LogP contribution in [0.25, 0.3) is 0 Å². The van der Waals surface area contributed by atoms with Crippen molar-refractivity contribution in [2.45, 2.75) is 19.3 Å². The minimum atomic E-state index is -0.328. The van der Waals surface area contributed by atoms with E-state index in [9.17, 15) is 9.59 Å². The van der Waals surface area contributed by atoms with Crippen molar-refractivity contribution in [2.24, 2.45) is 5.73 Å². The third-order valence-electron chi connectivity index (χ3n) is 2.94. The lowest BCUT2D eigenvalue weighted by Crippen LogP contribution is -2.40. The molecule has 0 heterocycles. The van der Waals surface area contributed by atoms with Gasteiger partial charge in [0, 0.05) is 12.5 Å². The molecule has 104 valence electrons. The first-order valence-corrected chi connectivity index (χ1v) is 6.45. The van der Waals surface area contributed by atoms with Gasteiger partial charge in [-0.2, -0.15) is 0 Å². The molecule has 5 nitrogen and oxygen atoms in total. The Balaban J connectivity index is 2.37. The average molecular weight is 263 g/mol. The van der Waals surface area contributed by atoms with E-state index >= 15 is 0 Å². The Morgan fingerprint density at radius 3 is 2.42 bits per heavy atom. The van der Waals surface area contributed by atoms with Gasteiger partial charge in [-0.05, 0) is 12.0 Å². The van der Waals surface area contributed by atoms with E-state index in [0.29, 0.717) is 6.54 Å². The first-order valence-electron chi connectivity index (χ1n) is 6.45. The number of nitrogens with two attached hydrogens (primary N) is 1. The molecule has 0 aromatic heterocycles. The van der Waals surface area contributed by atoms with Gasteiger partial charge in [0.25, 0.3) is 0 Å². The Kier molecular flexibility index (Phi) is 6.60. The van der Waals surface area contributed by atoms with Crippen molar-refractivity contribution >= 4 is 11.8 Å². The fourth-order valence-corrected chi connectivity index (χ4v) is 1.77. The lowest BCUT2D eigenvalue weighted by Gasteiger charge is -2.16. The Labute approximate surface area is 113 Å². The number of carbonyl (C=O) groups is 2. The third-order valence-corrected chi connectivity index (χ3v) is 2.94. The first-order chi connectivity index (χ1) is 9.17. The van der Waals surface area contributed by atoms with Crippen molar-refractivity contribution in [2.75, 3.05) is 19.6 Å². The van der Waals surface area contributed by atoms with Crippen LogP contribution in [0.15, 0.2) is 30.3 Å². The Morgan fingerprint density at radius 1 is 1.16 bits per heavy atom. The molecule has 1 aromatic carbocycles. The zero-order chi connectivity index (χ0) is 14.1. The summed E-state index contributed by atoms with van der Waals surface area (Å²) in [5.74, 6) is -0.239. The molecule has 1 rings (SSSR count). The molecular formula is C14H21N3O2. The van der Waals surface area contributed by atoms with E-state index in [4.69, 9.17) is 5.73 Å². The molecule has 2 amide bonds. The van der Waals surface area contributed by atoms with Crippen molar-refractivity contribution in [1.29, 1.82) is 0 Å². The minimum Gasteiger partial charge on any atom is -0.354 e. The topological polar surface area (TPSA) is 84.2 Å². The molecule has 4 N–H and O–H groups in total. The van der Waals surface area contributed by atoms with Crippen LogP contribution in [-0.4, -0.2) is 31.4 Å². The van der Waals surface area contributed by atoms with Gasteiger partial charge in [0.1, 0.15) is 0 Å². The van der Waals surface area contributed by atoms with Gasteiger partial charge in [-0.15, -0.1) is 0 Å². The van der Waals surface area contributed by atoms with Crippen LogP contribution in [-0.2, 0) is 9.59 Å². The van der Waals surface area contributed by atoms with E-state index in [1.807, 2.05) is 18.2 Å². The molecule has 0 radical (unpaired) electrons. The second-order valence-electron chi connectivity index (χ2n) is 4.30. The number of rotatable bonds is 7. The molecule has 1 unspecified atom stereocenters. The summed E-state index contributed by atoms with van der Waals surface area (Å²) in [5.41, 5.74) is 6.34. The molecule has 0 aliphatic carbocycles. The number of nitrogens with one attached hydrogen (secondary N) is 2. The SMILES string of the molecule is CCC(CNC(=O)CNC(=O)CN)c1ccccc1. The fourth-order valence-electron chi connectivity index (χ4n) is 1.77. The van der Waals surface area contributed by atoms with Gasteiger partial charge in [-0.3, -0.25) is 9.59 Å². The summed E-state index contributed by atoms with van der Waals surface area (Å²) in [6.07, 6.45) is 0.944. The maximum absolute atomic E-state index is 11.5. The maximum atomic E-state index is 11.5. The van der Waals surface area contributed by atoms with Crippen molar-refractivity contribution in [3.8, 4) is 0 Å². The largest absolute Gasteiger partial charge is 0.354 e. The molecule has 0 fully saturated rings. The van der Waals surface area contributed by atoms with Crippen molar-refractivity contribution in [3.05, 3.63) is 35.9 Å². The van der Waals surface area contributed by atoms with Crippen LogP contribution in [0.1, 0.15) is 24.8 Å². The predicted molar refractivity (Wildman–Crippen MR) is 74.5 cm³/mol. The summed E-state index contributed by atoms with van der Waals surface area (Å²) in [6.45, 7) is 2.52. The van der Waals surface area contributed by atoms with E-state index in [1.165, 1.54) is 5.56 Å². The minimum absolute atomic E-state index is 0.0265. The van der Waals surface area contributed by atoms with Crippen molar-refractivity contribution in [3.63, 3.8) is 0 Å². The monoisotopic (exact) mass is 263 g/mol. The van der Waals surface area contributed by atoms with E-state index in [-0.39, 0.29) is 30.8 Å². The number of hydrogen-bond donors (Lipinski definition) is 3. The summed E-state index contributed by atoms with van der Waals surface area (Å²) in [7, 11) is 0. The van der Waals surface area contributed by atoms with Crippen LogP contribution in [0.4, 0.5) is 0 Å². The average Bonchev–Trinajstić information content (AvgIpc) is 2.46. The number of hydrogen-bond acceptors (Lipinski definition) is 3. The van der Waals surface area contributed by atoms with Crippen LogP contribution in [0.3, 0.4) is 0 Å². The van der Waals surface area contributed by atoms with Gasteiger partial charge in [0.05, 0.1) is 13.1 Å². The number of benzene rings is 1. The first kappa shape index (κ1) is 15.2. The van der Waals surface area contributed by atoms with Crippen LogP contribution >= 0.6 is 0 Å². The number of carbonyl (C=O) groups excluding carboxylic acids is 2. The summed E-state index contributed by atoms with van der Waals surface area (Å²) >= 11 is 0. The predicted octanol–water partition coefficient (Wildman–Crippen LogP) is 0.371. The molecule has 1 atom stereocenters. The molecule has 0 spiro atoms. The van der Waals surface area contributed by atoms with Crippen LogP contribution in [0.5, 0.6) is 0 Å². The molecule has 0 bridgehead atoms. The molecule has 0 saturated heterocycles.